The molecule has 1 heterocycles. The lowest BCUT2D eigenvalue weighted by atomic mass is 10.0. The number of nitrogens with zero attached hydrogens (tertiary/aromatic N) is 3. The number of amides is 1. The molecule has 10 nitrogen and oxygen atoms in total. The number of aliphatic carboxylic acids is 1. The molecule has 1 unspecified atom stereocenters. The molecule has 2 N–H and O–H groups in total. The molecule has 1 amide bonds. The van der Waals surface area contributed by atoms with E-state index in [1.165, 1.54) is 24.9 Å². The van der Waals surface area contributed by atoms with E-state index in [4.69, 9.17) is 9.84 Å². The van der Waals surface area contributed by atoms with Crippen molar-refractivity contribution in [3.63, 3.8) is 0 Å². The highest BCUT2D eigenvalue weighted by atomic mass is 16.6. The molecule has 0 aromatic carbocycles. The van der Waals surface area contributed by atoms with Crippen LogP contribution in [0.3, 0.4) is 0 Å². The van der Waals surface area contributed by atoms with Crippen LogP contribution in [0.5, 0.6) is 0 Å². The van der Waals surface area contributed by atoms with Gasteiger partial charge in [-0.1, -0.05) is 0 Å². The van der Waals surface area contributed by atoms with Crippen molar-refractivity contribution in [1.82, 2.24) is 15.1 Å². The molecule has 1 aromatic rings. The monoisotopic (exact) mass is 300 g/mol. The second-order valence-electron chi connectivity index (χ2n) is 4.59. The Bertz CT molecular complexity index is 543. The number of carboxylic acid groups (broad SMARTS) is 1. The Kier molecular flexibility index (Phi) is 5.36. The van der Waals surface area contributed by atoms with Crippen LogP contribution in [-0.4, -0.2) is 50.9 Å². The van der Waals surface area contributed by atoms with Crippen LogP contribution in [0, 0.1) is 10.1 Å². The number of carbonyl (C=O) groups is 2. The number of nitro groups is 1. The molecule has 0 aliphatic heterocycles. The number of methoxy groups -OCH3 is 1. The first-order chi connectivity index (χ1) is 9.78. The molecule has 116 valence electrons. The van der Waals surface area contributed by atoms with E-state index in [1.807, 2.05) is 0 Å². The van der Waals surface area contributed by atoms with E-state index in [0.717, 1.165) is 6.20 Å². The van der Waals surface area contributed by atoms with Gasteiger partial charge in [0.2, 0.25) is 5.91 Å². The summed E-state index contributed by atoms with van der Waals surface area (Å²) in [7, 11) is 1.33. The van der Waals surface area contributed by atoms with Gasteiger partial charge in [0.25, 0.3) is 0 Å². The van der Waals surface area contributed by atoms with Gasteiger partial charge in [0.05, 0.1) is 11.5 Å². The van der Waals surface area contributed by atoms with Crippen molar-refractivity contribution in [2.75, 3.05) is 13.7 Å². The maximum absolute atomic E-state index is 11.7. The summed E-state index contributed by atoms with van der Waals surface area (Å²) in [5, 5.41) is 25.6. The lowest BCUT2D eigenvalue weighted by Crippen LogP contribution is -2.55. The largest absolute Gasteiger partial charge is 0.479 e. The van der Waals surface area contributed by atoms with Crippen LogP contribution in [-0.2, 0) is 20.9 Å². The second kappa shape index (κ2) is 6.79. The molecule has 0 aliphatic rings. The Morgan fingerprint density at radius 3 is 2.76 bits per heavy atom. The summed E-state index contributed by atoms with van der Waals surface area (Å²) < 4.78 is 6.02. The van der Waals surface area contributed by atoms with Crippen LogP contribution in [0.1, 0.15) is 13.3 Å². The van der Waals surface area contributed by atoms with E-state index in [0.29, 0.717) is 0 Å². The average Bonchev–Trinajstić information content (AvgIpc) is 2.85. The number of aryl methyl sites for hydroxylation is 1. The van der Waals surface area contributed by atoms with Crippen molar-refractivity contribution in [3.05, 3.63) is 22.5 Å². The SMILES string of the molecule is COCC(C)(NC(=O)CCn1cc([N+](=O)[O-])cn1)C(=O)O. The summed E-state index contributed by atoms with van der Waals surface area (Å²) in [4.78, 5) is 32.7. The molecule has 0 saturated heterocycles. The maximum atomic E-state index is 11.7. The van der Waals surface area contributed by atoms with Gasteiger partial charge in [-0.15, -0.1) is 0 Å². The lowest BCUT2D eigenvalue weighted by molar-refractivity contribution is -0.385. The molecule has 0 saturated carbocycles. The fourth-order valence-electron chi connectivity index (χ4n) is 1.60. The topological polar surface area (TPSA) is 137 Å². The molecule has 1 atom stereocenters. The minimum Gasteiger partial charge on any atom is -0.479 e. The molecule has 0 fully saturated rings. The van der Waals surface area contributed by atoms with E-state index in [2.05, 4.69) is 10.4 Å². The minimum atomic E-state index is -1.53. The smallest absolute Gasteiger partial charge is 0.331 e. The van der Waals surface area contributed by atoms with Crippen LogP contribution in [0.4, 0.5) is 5.69 Å². The van der Waals surface area contributed by atoms with E-state index in [1.54, 1.807) is 0 Å². The highest BCUT2D eigenvalue weighted by Gasteiger charge is 2.34. The van der Waals surface area contributed by atoms with Crippen LogP contribution in [0.25, 0.3) is 0 Å². The Labute approximate surface area is 119 Å². The first-order valence-corrected chi connectivity index (χ1v) is 5.98. The molecule has 0 radical (unpaired) electrons. The number of hydrogen-bond acceptors (Lipinski definition) is 6. The third-order valence-corrected chi connectivity index (χ3v) is 2.72. The van der Waals surface area contributed by atoms with Crippen LogP contribution < -0.4 is 5.32 Å². The van der Waals surface area contributed by atoms with Gasteiger partial charge >= 0.3 is 11.7 Å². The predicted octanol–water partition coefficient (Wildman–Crippen LogP) is -0.213. The summed E-state index contributed by atoms with van der Waals surface area (Å²) >= 11 is 0. The van der Waals surface area contributed by atoms with Gasteiger partial charge in [-0.2, -0.15) is 5.10 Å². The van der Waals surface area contributed by atoms with Crippen molar-refractivity contribution in [2.45, 2.75) is 25.4 Å². The fourth-order valence-corrected chi connectivity index (χ4v) is 1.60. The van der Waals surface area contributed by atoms with Gasteiger partial charge in [-0.25, -0.2) is 4.79 Å². The quantitative estimate of drug-likeness (QED) is 0.500. The molecule has 0 aliphatic carbocycles. The van der Waals surface area contributed by atoms with Crippen LogP contribution in [0.15, 0.2) is 12.4 Å². The van der Waals surface area contributed by atoms with Crippen molar-refractivity contribution in [3.8, 4) is 0 Å². The third-order valence-electron chi connectivity index (χ3n) is 2.72. The first kappa shape index (κ1) is 16.6. The zero-order valence-electron chi connectivity index (χ0n) is 11.6. The van der Waals surface area contributed by atoms with E-state index in [9.17, 15) is 19.7 Å². The molecular formula is C11H16N4O6. The Hall–Kier alpha value is -2.49. The standard InChI is InChI=1S/C11H16N4O6/c1-11(7-21-2,10(17)18)13-9(16)3-4-14-6-8(5-12-14)15(19)20/h5-6H,3-4,7H2,1-2H3,(H,13,16)(H,17,18). The Balaban J connectivity index is 2.56. The zero-order valence-corrected chi connectivity index (χ0v) is 11.6. The van der Waals surface area contributed by atoms with E-state index < -0.39 is 22.3 Å². The average molecular weight is 300 g/mol. The van der Waals surface area contributed by atoms with Crippen molar-refractivity contribution in [2.24, 2.45) is 0 Å². The lowest BCUT2D eigenvalue weighted by Gasteiger charge is -2.25. The summed E-state index contributed by atoms with van der Waals surface area (Å²) in [6.07, 6.45) is 2.20. The maximum Gasteiger partial charge on any atom is 0.331 e. The van der Waals surface area contributed by atoms with E-state index in [-0.39, 0.29) is 25.3 Å². The number of hydrogen-bond donors (Lipinski definition) is 2. The normalized spacial score (nSPS) is 13.4. The fraction of sp³-hybridized carbons (Fsp3) is 0.545. The number of rotatable bonds is 8. The summed E-state index contributed by atoms with van der Waals surface area (Å²) in [6, 6.07) is 0. The first-order valence-electron chi connectivity index (χ1n) is 5.98. The molecular weight excluding hydrogens is 284 g/mol. The van der Waals surface area contributed by atoms with Gasteiger partial charge in [0.1, 0.15) is 12.4 Å². The van der Waals surface area contributed by atoms with Gasteiger partial charge in [0.15, 0.2) is 5.54 Å². The van der Waals surface area contributed by atoms with Crippen LogP contribution >= 0.6 is 0 Å². The number of nitrogens with one attached hydrogen (secondary N) is 1. The van der Waals surface area contributed by atoms with Gasteiger partial charge in [-0.05, 0) is 6.92 Å². The highest BCUT2D eigenvalue weighted by Crippen LogP contribution is 2.09. The molecule has 1 rings (SSSR count). The van der Waals surface area contributed by atoms with Gasteiger partial charge < -0.3 is 15.2 Å². The third kappa shape index (κ3) is 4.53. The number of carbonyl (C=O) groups excluding carboxylic acids is 1. The molecule has 0 bridgehead atoms. The Morgan fingerprint density at radius 2 is 2.29 bits per heavy atom. The van der Waals surface area contributed by atoms with Gasteiger partial charge in [-0.3, -0.25) is 19.6 Å². The van der Waals surface area contributed by atoms with Gasteiger partial charge in [0, 0.05) is 20.1 Å². The molecule has 21 heavy (non-hydrogen) atoms. The minimum absolute atomic E-state index is 0.0641. The molecule has 0 spiro atoms. The highest BCUT2D eigenvalue weighted by molar-refractivity contribution is 5.86. The Morgan fingerprint density at radius 1 is 1.62 bits per heavy atom. The van der Waals surface area contributed by atoms with Crippen molar-refractivity contribution < 1.29 is 24.4 Å². The van der Waals surface area contributed by atoms with Crippen molar-refractivity contribution >= 4 is 17.6 Å². The van der Waals surface area contributed by atoms with Crippen molar-refractivity contribution in [1.29, 1.82) is 0 Å². The molecule has 10 heteroatoms. The van der Waals surface area contributed by atoms with Crippen LogP contribution in [0.2, 0.25) is 0 Å². The summed E-state index contributed by atoms with van der Waals surface area (Å²) in [5.74, 6) is -1.73. The number of ether oxygens (including phenoxy) is 1. The zero-order chi connectivity index (χ0) is 16.0. The second-order valence-corrected chi connectivity index (χ2v) is 4.59. The summed E-state index contributed by atoms with van der Waals surface area (Å²) in [5.41, 5.74) is -1.70. The summed E-state index contributed by atoms with van der Waals surface area (Å²) in [6.45, 7) is 1.25. The number of carboxylic acids is 1. The predicted molar refractivity (Wildman–Crippen MR) is 69.6 cm³/mol. The van der Waals surface area contributed by atoms with E-state index >= 15 is 0 Å². The molecule has 1 aromatic heterocycles. The number of aromatic nitrogens is 2.